The van der Waals surface area contributed by atoms with Crippen LogP contribution in [0.4, 0.5) is 18.9 Å². The molecule has 0 spiro atoms. The molecule has 0 unspecified atom stereocenters. The Morgan fingerprint density at radius 1 is 1.19 bits per heavy atom. The zero-order valence-corrected chi connectivity index (χ0v) is 11.2. The van der Waals surface area contributed by atoms with Crippen molar-refractivity contribution in [2.45, 2.75) is 0 Å². The smallest absolute Gasteiger partial charge is 0.265 e. The second-order valence-corrected chi connectivity index (χ2v) is 4.88. The van der Waals surface area contributed by atoms with Gasteiger partial charge in [0.1, 0.15) is 6.61 Å². The monoisotopic (exact) mass is 311 g/mol. The lowest BCUT2D eigenvalue weighted by Gasteiger charge is -2.05. The molecule has 108 valence electrons. The van der Waals surface area contributed by atoms with Crippen molar-refractivity contribution in [2.75, 3.05) is 11.9 Å². The molecular formula is C14H8F3NO2S. The lowest BCUT2D eigenvalue weighted by molar-refractivity contribution is 0.103. The topological polar surface area (TPSA) is 49.3 Å². The highest BCUT2D eigenvalue weighted by atomic mass is 32.1. The van der Waals surface area contributed by atoms with Crippen molar-refractivity contribution in [2.24, 2.45) is 0 Å². The lowest BCUT2D eigenvalue weighted by atomic mass is 10.2. The van der Waals surface area contributed by atoms with Gasteiger partial charge in [-0.15, -0.1) is 11.3 Å². The molecule has 0 fully saturated rings. The number of aliphatic hydroxyl groups excluding tert-OH is 1. The van der Waals surface area contributed by atoms with Gasteiger partial charge in [0, 0.05) is 0 Å². The van der Waals surface area contributed by atoms with Crippen LogP contribution < -0.4 is 5.32 Å². The fraction of sp³-hybridized carbons (Fsp3) is 0.0714. The van der Waals surface area contributed by atoms with Gasteiger partial charge in [0.25, 0.3) is 5.91 Å². The number of carbonyl (C=O) groups excluding carboxylic acids is 1. The van der Waals surface area contributed by atoms with E-state index in [1.807, 2.05) is 0 Å². The minimum absolute atomic E-state index is 0.223. The molecule has 2 aromatic rings. The SMILES string of the molecule is O=C(Nc1ccc(F)c(F)c1F)c1ccc(C#CCO)s1. The van der Waals surface area contributed by atoms with Gasteiger partial charge in [0.05, 0.1) is 15.4 Å². The first kappa shape index (κ1) is 15.1. The summed E-state index contributed by atoms with van der Waals surface area (Å²) in [6.07, 6.45) is 0. The Bertz CT molecular complexity index is 746. The van der Waals surface area contributed by atoms with Gasteiger partial charge in [-0.3, -0.25) is 4.79 Å². The molecule has 1 heterocycles. The molecule has 0 radical (unpaired) electrons. The number of amides is 1. The largest absolute Gasteiger partial charge is 0.384 e. The maximum absolute atomic E-state index is 13.4. The molecule has 0 bridgehead atoms. The average Bonchev–Trinajstić information content (AvgIpc) is 2.94. The second kappa shape index (κ2) is 6.43. The zero-order chi connectivity index (χ0) is 15.4. The van der Waals surface area contributed by atoms with E-state index in [4.69, 9.17) is 5.11 Å². The Balaban J connectivity index is 2.18. The van der Waals surface area contributed by atoms with Gasteiger partial charge >= 0.3 is 0 Å². The summed E-state index contributed by atoms with van der Waals surface area (Å²) in [4.78, 5) is 12.6. The summed E-state index contributed by atoms with van der Waals surface area (Å²) in [7, 11) is 0. The van der Waals surface area contributed by atoms with Crippen LogP contribution in [0, 0.1) is 29.3 Å². The molecule has 0 aliphatic carbocycles. The van der Waals surface area contributed by atoms with Crippen molar-refractivity contribution >= 4 is 22.9 Å². The van der Waals surface area contributed by atoms with E-state index in [0.29, 0.717) is 4.88 Å². The van der Waals surface area contributed by atoms with Crippen LogP contribution in [0.15, 0.2) is 24.3 Å². The molecule has 1 aromatic carbocycles. The van der Waals surface area contributed by atoms with Crippen LogP contribution in [0.3, 0.4) is 0 Å². The highest BCUT2D eigenvalue weighted by Crippen LogP contribution is 2.22. The Labute approximate surface area is 122 Å². The van der Waals surface area contributed by atoms with Crippen molar-refractivity contribution in [3.8, 4) is 11.8 Å². The highest BCUT2D eigenvalue weighted by molar-refractivity contribution is 7.14. The van der Waals surface area contributed by atoms with Gasteiger partial charge in [0.2, 0.25) is 0 Å². The molecule has 1 aromatic heterocycles. The van der Waals surface area contributed by atoms with E-state index in [1.54, 1.807) is 6.07 Å². The number of aliphatic hydroxyl groups is 1. The summed E-state index contributed by atoms with van der Waals surface area (Å²) >= 11 is 1.03. The molecule has 3 nitrogen and oxygen atoms in total. The Kier molecular flexibility index (Phi) is 4.62. The number of benzene rings is 1. The molecule has 0 saturated carbocycles. The van der Waals surface area contributed by atoms with Gasteiger partial charge in [-0.25, -0.2) is 13.2 Å². The molecule has 2 N–H and O–H groups in total. The number of halogens is 3. The Morgan fingerprint density at radius 3 is 2.67 bits per heavy atom. The molecule has 0 aliphatic heterocycles. The summed E-state index contributed by atoms with van der Waals surface area (Å²) in [5.74, 6) is -0.0597. The minimum atomic E-state index is -1.64. The molecule has 0 aliphatic rings. The van der Waals surface area contributed by atoms with Crippen LogP contribution in [0.1, 0.15) is 14.5 Å². The van der Waals surface area contributed by atoms with Crippen molar-refractivity contribution in [1.29, 1.82) is 0 Å². The fourth-order valence-electron chi connectivity index (χ4n) is 1.46. The van der Waals surface area contributed by atoms with Crippen LogP contribution in [0.2, 0.25) is 0 Å². The summed E-state index contributed by atoms with van der Waals surface area (Å²) in [5, 5.41) is 10.7. The maximum Gasteiger partial charge on any atom is 0.265 e. The molecule has 21 heavy (non-hydrogen) atoms. The van der Waals surface area contributed by atoms with Crippen molar-refractivity contribution < 1.29 is 23.1 Å². The fourth-order valence-corrected chi connectivity index (χ4v) is 2.24. The molecular weight excluding hydrogens is 303 g/mol. The Hall–Kier alpha value is -2.30. The zero-order valence-electron chi connectivity index (χ0n) is 10.4. The Morgan fingerprint density at radius 2 is 1.95 bits per heavy atom. The first-order valence-electron chi connectivity index (χ1n) is 5.67. The number of anilines is 1. The lowest BCUT2D eigenvalue weighted by Crippen LogP contribution is -2.12. The number of hydrogen-bond acceptors (Lipinski definition) is 3. The third-order valence-corrected chi connectivity index (χ3v) is 3.40. The predicted octanol–water partition coefficient (Wildman–Crippen LogP) is 2.76. The molecule has 7 heteroatoms. The van der Waals surface area contributed by atoms with E-state index in [0.717, 1.165) is 23.5 Å². The maximum atomic E-state index is 13.4. The molecule has 0 saturated heterocycles. The van der Waals surface area contributed by atoms with E-state index in [2.05, 4.69) is 17.2 Å². The third kappa shape index (κ3) is 3.42. The van der Waals surface area contributed by atoms with Crippen molar-refractivity contribution in [3.05, 3.63) is 51.5 Å². The second-order valence-electron chi connectivity index (χ2n) is 3.80. The standard InChI is InChI=1S/C14H8F3NO2S/c15-9-4-5-10(13(17)12(9)16)18-14(20)11-6-3-8(21-11)2-1-7-19/h3-6,19H,7H2,(H,18,20). The minimum Gasteiger partial charge on any atom is -0.384 e. The van der Waals surface area contributed by atoms with Gasteiger partial charge in [-0.2, -0.15) is 0 Å². The molecule has 1 amide bonds. The average molecular weight is 311 g/mol. The van der Waals surface area contributed by atoms with Crippen molar-refractivity contribution in [3.63, 3.8) is 0 Å². The van der Waals surface area contributed by atoms with Crippen molar-refractivity contribution in [1.82, 2.24) is 0 Å². The van der Waals surface area contributed by atoms with E-state index < -0.39 is 29.0 Å². The normalized spacial score (nSPS) is 9.90. The van der Waals surface area contributed by atoms with Crippen LogP contribution in [-0.4, -0.2) is 17.6 Å². The van der Waals surface area contributed by atoms with Crippen LogP contribution in [0.5, 0.6) is 0 Å². The van der Waals surface area contributed by atoms with E-state index >= 15 is 0 Å². The third-order valence-electron chi connectivity index (χ3n) is 2.40. The van der Waals surface area contributed by atoms with Crippen LogP contribution >= 0.6 is 11.3 Å². The summed E-state index contributed by atoms with van der Waals surface area (Å²) < 4.78 is 39.3. The molecule has 2 rings (SSSR count). The summed E-state index contributed by atoms with van der Waals surface area (Å²) in [5.41, 5.74) is -0.449. The van der Waals surface area contributed by atoms with Crippen LogP contribution in [0.25, 0.3) is 0 Å². The number of rotatable bonds is 2. The van der Waals surface area contributed by atoms with Crippen LogP contribution in [-0.2, 0) is 0 Å². The first-order chi connectivity index (χ1) is 10.0. The number of nitrogens with one attached hydrogen (secondary N) is 1. The predicted molar refractivity (Wildman–Crippen MR) is 72.6 cm³/mol. The van der Waals surface area contributed by atoms with E-state index in [9.17, 15) is 18.0 Å². The van der Waals surface area contributed by atoms with E-state index in [1.165, 1.54) is 6.07 Å². The molecule has 0 atom stereocenters. The van der Waals surface area contributed by atoms with Gasteiger partial charge in [0.15, 0.2) is 17.5 Å². The highest BCUT2D eigenvalue weighted by Gasteiger charge is 2.16. The van der Waals surface area contributed by atoms with Gasteiger partial charge < -0.3 is 10.4 Å². The van der Waals surface area contributed by atoms with Gasteiger partial charge in [-0.1, -0.05) is 11.8 Å². The number of carbonyl (C=O) groups is 1. The van der Waals surface area contributed by atoms with E-state index in [-0.39, 0.29) is 11.5 Å². The van der Waals surface area contributed by atoms with Gasteiger partial charge in [-0.05, 0) is 24.3 Å². The number of hydrogen-bond donors (Lipinski definition) is 2. The first-order valence-corrected chi connectivity index (χ1v) is 6.49. The summed E-state index contributed by atoms with van der Waals surface area (Å²) in [6.45, 7) is -0.306. The number of thiophene rings is 1. The summed E-state index contributed by atoms with van der Waals surface area (Å²) in [6, 6.07) is 4.68. The quantitative estimate of drug-likeness (QED) is 0.662.